The molecule has 0 aromatic heterocycles. The monoisotopic (exact) mass is 556 g/mol. The van der Waals surface area contributed by atoms with Gasteiger partial charge in [0, 0.05) is 54.4 Å². The molecule has 1 aliphatic heterocycles. The average molecular weight is 557 g/mol. The van der Waals surface area contributed by atoms with Crippen molar-refractivity contribution >= 4 is 17.9 Å². The number of rotatable bonds is 14. The van der Waals surface area contributed by atoms with Crippen molar-refractivity contribution in [2.24, 2.45) is 4.99 Å². The highest BCUT2D eigenvalue weighted by Crippen LogP contribution is 2.19. The largest absolute Gasteiger partial charge is 0.504 e. The van der Waals surface area contributed by atoms with E-state index in [1.807, 2.05) is 30.9 Å². The topological polar surface area (TPSA) is 125 Å². The third kappa shape index (κ3) is 8.54. The summed E-state index contributed by atoms with van der Waals surface area (Å²) < 4.78 is 0. The third-order valence-electron chi connectivity index (χ3n) is 7.03. The Bertz CT molecular complexity index is 1100. The fraction of sp³-hybridized carbons (Fsp3) is 0.552. The first kappa shape index (κ1) is 32.8. The van der Waals surface area contributed by atoms with Gasteiger partial charge in [-0.3, -0.25) is 14.6 Å². The Balaban J connectivity index is 2.18. The van der Waals surface area contributed by atoms with Gasteiger partial charge < -0.3 is 25.6 Å². The van der Waals surface area contributed by atoms with Crippen LogP contribution in [-0.2, 0) is 16.0 Å². The van der Waals surface area contributed by atoms with Crippen LogP contribution in [0.25, 0.3) is 0 Å². The first-order chi connectivity index (χ1) is 19.1. The number of nitrogens with one attached hydrogen (secondary N) is 4. The van der Waals surface area contributed by atoms with Gasteiger partial charge in [0.25, 0.3) is 5.91 Å². The smallest absolute Gasteiger partial charge is 0.273 e. The normalized spacial score (nSPS) is 16.4. The predicted molar refractivity (Wildman–Crippen MR) is 160 cm³/mol. The number of aliphatic imine (C=N–C) groups is 1. The molecule has 0 aliphatic carbocycles. The first-order valence-electron chi connectivity index (χ1n) is 13.9. The number of nitrogens with zero attached hydrogens (tertiary/aromatic N) is 4. The number of aryl methyl sites for hydroxylation is 2. The minimum absolute atomic E-state index is 0.111. The molecule has 1 heterocycles. The van der Waals surface area contributed by atoms with E-state index in [0.29, 0.717) is 44.0 Å². The van der Waals surface area contributed by atoms with E-state index in [1.165, 1.54) is 11.1 Å². The molecule has 0 radical (unpaired) electrons. The molecule has 222 valence electrons. The van der Waals surface area contributed by atoms with Crippen molar-refractivity contribution in [3.05, 3.63) is 57.7 Å². The molecule has 1 aliphatic rings. The summed E-state index contributed by atoms with van der Waals surface area (Å²) in [5, 5.41) is 15.1. The van der Waals surface area contributed by atoms with E-state index in [0.717, 1.165) is 30.4 Å². The fourth-order valence-corrected chi connectivity index (χ4v) is 4.65. The molecule has 1 unspecified atom stereocenters. The number of likely N-dealkylation sites (N-methyl/N-ethyl adjacent to an activating group) is 1. The van der Waals surface area contributed by atoms with Gasteiger partial charge in [-0.05, 0) is 43.4 Å². The molecule has 1 aromatic carbocycles. The van der Waals surface area contributed by atoms with Crippen molar-refractivity contribution in [1.82, 2.24) is 36.4 Å². The Morgan fingerprint density at radius 2 is 1.82 bits per heavy atom. The van der Waals surface area contributed by atoms with Crippen molar-refractivity contribution in [3.63, 3.8) is 0 Å². The lowest BCUT2D eigenvalue weighted by atomic mass is 10.0. The molecule has 5 N–H and O–H groups in total. The number of hydrogen-bond donors (Lipinski definition) is 5. The fourth-order valence-electron chi connectivity index (χ4n) is 4.65. The van der Waals surface area contributed by atoms with Crippen LogP contribution in [0.2, 0.25) is 0 Å². The second kappa shape index (κ2) is 16.0. The van der Waals surface area contributed by atoms with Crippen LogP contribution in [0.1, 0.15) is 56.5 Å². The second-order valence-corrected chi connectivity index (χ2v) is 10.1. The lowest BCUT2D eigenvalue weighted by molar-refractivity contribution is -0.129. The number of amides is 1. The second-order valence-electron chi connectivity index (χ2n) is 10.1. The zero-order valence-electron chi connectivity index (χ0n) is 25.4. The summed E-state index contributed by atoms with van der Waals surface area (Å²) in [5.74, 6) is -0.460. The Hall–Kier alpha value is -3.41. The van der Waals surface area contributed by atoms with Crippen LogP contribution in [0.3, 0.4) is 0 Å². The highest BCUT2D eigenvalue weighted by atomic mass is 16.3. The molecule has 11 nitrogen and oxygen atoms in total. The molecule has 1 aromatic rings. The van der Waals surface area contributed by atoms with E-state index >= 15 is 0 Å². The van der Waals surface area contributed by atoms with Crippen molar-refractivity contribution < 1.29 is 14.7 Å². The molecule has 0 spiro atoms. The molecule has 1 atom stereocenters. The zero-order chi connectivity index (χ0) is 29.8. The molecule has 1 fully saturated rings. The predicted octanol–water partition coefficient (Wildman–Crippen LogP) is 2.15. The van der Waals surface area contributed by atoms with Gasteiger partial charge in [-0.25, -0.2) is 15.9 Å². The van der Waals surface area contributed by atoms with Gasteiger partial charge in [-0.1, -0.05) is 38.5 Å². The van der Waals surface area contributed by atoms with Gasteiger partial charge in [-0.2, -0.15) is 0 Å². The van der Waals surface area contributed by atoms with Crippen LogP contribution in [0.5, 0.6) is 0 Å². The number of hydrazine groups is 2. The van der Waals surface area contributed by atoms with Crippen LogP contribution in [0.4, 0.5) is 0 Å². The van der Waals surface area contributed by atoms with Gasteiger partial charge in [0.15, 0.2) is 12.0 Å². The third-order valence-corrected chi connectivity index (χ3v) is 7.03. The number of piperazine rings is 1. The van der Waals surface area contributed by atoms with E-state index in [9.17, 15) is 14.7 Å². The molecular weight excluding hydrogens is 508 g/mol. The number of aliphatic hydroxyl groups excluding tert-OH is 1. The SMILES string of the molecule is CCCc1ccc(C(NN/C(CC)=C(\C=O)N2CCN(C(=O)/C(NC)=C(\O)C(C)=NC)CC2)NN(C)C)cc1C. The molecule has 1 amide bonds. The maximum absolute atomic E-state index is 13.1. The zero-order valence-corrected chi connectivity index (χ0v) is 25.4. The van der Waals surface area contributed by atoms with Crippen molar-refractivity contribution in [2.45, 2.75) is 53.1 Å². The van der Waals surface area contributed by atoms with Crippen molar-refractivity contribution in [1.29, 1.82) is 0 Å². The standard InChI is InChI=1S/C29H48N8O3/c1-9-11-22-12-13-23(18-20(22)3)28(34-35(7)8)33-32-24(10-2)25(19-38)36-14-16-37(17-15-36)29(40)26(31-6)27(39)21(4)30-5/h12-13,18-19,28,31-34,39H,9-11,14-17H2,1-8H3/b25-24+,27-26+,30-21?. The van der Waals surface area contributed by atoms with E-state index < -0.39 is 0 Å². The molecule has 11 heteroatoms. The van der Waals surface area contributed by atoms with Crippen LogP contribution in [0.15, 0.2) is 46.0 Å². The number of aldehydes is 1. The average Bonchev–Trinajstić information content (AvgIpc) is 2.95. The van der Waals surface area contributed by atoms with Crippen molar-refractivity contribution in [2.75, 3.05) is 54.4 Å². The molecule has 0 saturated carbocycles. The lowest BCUT2D eigenvalue weighted by Crippen LogP contribution is -2.51. The van der Waals surface area contributed by atoms with Gasteiger partial charge in [0.05, 0.1) is 17.1 Å². The summed E-state index contributed by atoms with van der Waals surface area (Å²) in [4.78, 5) is 33.0. The van der Waals surface area contributed by atoms with Crippen LogP contribution in [-0.4, -0.2) is 92.2 Å². The summed E-state index contributed by atoms with van der Waals surface area (Å²) >= 11 is 0. The van der Waals surface area contributed by atoms with Crippen LogP contribution in [0, 0.1) is 6.92 Å². The molecular formula is C29H48N8O3. The summed E-state index contributed by atoms with van der Waals surface area (Å²) in [6.07, 6.45) is 3.40. The van der Waals surface area contributed by atoms with E-state index in [-0.39, 0.29) is 23.5 Å². The summed E-state index contributed by atoms with van der Waals surface area (Å²) in [6, 6.07) is 6.49. The lowest BCUT2D eigenvalue weighted by Gasteiger charge is -2.37. The van der Waals surface area contributed by atoms with E-state index in [2.05, 4.69) is 58.6 Å². The van der Waals surface area contributed by atoms with Crippen molar-refractivity contribution in [3.8, 4) is 0 Å². The molecule has 2 rings (SSSR count). The van der Waals surface area contributed by atoms with Gasteiger partial charge in [0.2, 0.25) is 0 Å². The number of allylic oxidation sites excluding steroid dienone is 3. The number of benzene rings is 1. The minimum atomic E-state index is -0.298. The van der Waals surface area contributed by atoms with Gasteiger partial charge in [0.1, 0.15) is 11.9 Å². The van der Waals surface area contributed by atoms with Gasteiger partial charge >= 0.3 is 0 Å². The number of aliphatic hydroxyl groups is 1. The maximum atomic E-state index is 13.1. The maximum Gasteiger partial charge on any atom is 0.273 e. The van der Waals surface area contributed by atoms with Gasteiger partial charge in [-0.15, -0.1) is 0 Å². The Labute approximate surface area is 239 Å². The minimum Gasteiger partial charge on any atom is -0.504 e. The molecule has 1 saturated heterocycles. The summed E-state index contributed by atoms with van der Waals surface area (Å²) in [7, 11) is 7.03. The highest BCUT2D eigenvalue weighted by molar-refractivity contribution is 6.05. The van der Waals surface area contributed by atoms with E-state index in [1.54, 1.807) is 25.9 Å². The van der Waals surface area contributed by atoms with Crippen LogP contribution >= 0.6 is 0 Å². The highest BCUT2D eigenvalue weighted by Gasteiger charge is 2.27. The first-order valence-corrected chi connectivity index (χ1v) is 13.9. The number of carbonyl (C=O) groups is 2. The van der Waals surface area contributed by atoms with Crippen LogP contribution < -0.4 is 21.6 Å². The molecule has 0 bridgehead atoms. The summed E-state index contributed by atoms with van der Waals surface area (Å²) in [6.45, 7) is 9.76. The summed E-state index contributed by atoms with van der Waals surface area (Å²) in [5.41, 5.74) is 15.5. The Morgan fingerprint density at radius 3 is 2.33 bits per heavy atom. The van der Waals surface area contributed by atoms with E-state index in [4.69, 9.17) is 0 Å². The Morgan fingerprint density at radius 1 is 1.18 bits per heavy atom. The molecule has 40 heavy (non-hydrogen) atoms. The quantitative estimate of drug-likeness (QED) is 0.0586. The number of hydrogen-bond acceptors (Lipinski definition) is 10. The number of carbonyl (C=O) groups excluding carboxylic acids is 2. The Kier molecular flexibility index (Phi) is 13.1.